The van der Waals surface area contributed by atoms with Crippen molar-refractivity contribution >= 4 is 5.97 Å². The molecule has 3 rings (SSSR count). The summed E-state index contributed by atoms with van der Waals surface area (Å²) >= 11 is 0. The van der Waals surface area contributed by atoms with E-state index in [1.54, 1.807) is 34.6 Å². The molecule has 0 amide bonds. The molecule has 3 heterocycles. The van der Waals surface area contributed by atoms with E-state index in [4.69, 9.17) is 28.4 Å². The molecule has 0 unspecified atom stereocenters. The highest BCUT2D eigenvalue weighted by Crippen LogP contribution is 2.39. The smallest absolute Gasteiger partial charge is 0.311 e. The van der Waals surface area contributed by atoms with Gasteiger partial charge in [0.15, 0.2) is 12.6 Å². The number of nitrogens with zero attached hydrogens (tertiary/aromatic N) is 1. The molecule has 0 bridgehead atoms. The molecule has 0 spiro atoms. The Labute approximate surface area is 288 Å². The molecule has 3 saturated heterocycles. The number of cyclic esters (lactones) is 1. The average Bonchev–Trinajstić information content (AvgIpc) is 3.01. The van der Waals surface area contributed by atoms with E-state index in [2.05, 4.69) is 0 Å². The molecule has 48 heavy (non-hydrogen) atoms. The Morgan fingerprint density at radius 2 is 1.56 bits per heavy atom. The van der Waals surface area contributed by atoms with E-state index in [0.29, 0.717) is 19.4 Å². The summed E-state index contributed by atoms with van der Waals surface area (Å²) in [6.07, 6.45) is -3.64. The molecule has 16 atom stereocenters. The second-order valence-corrected chi connectivity index (χ2v) is 15.9. The number of ether oxygens (including phenoxy) is 6. The Hall–Kier alpha value is -0.930. The highest BCUT2D eigenvalue weighted by molar-refractivity contribution is 5.73. The van der Waals surface area contributed by atoms with Crippen molar-refractivity contribution in [2.45, 2.75) is 186 Å². The van der Waals surface area contributed by atoms with Crippen LogP contribution < -0.4 is 0 Å². The molecule has 3 fully saturated rings. The largest absolute Gasteiger partial charge is 0.459 e. The minimum atomic E-state index is -1.76. The van der Waals surface area contributed by atoms with Gasteiger partial charge in [-0.05, 0) is 93.5 Å². The number of hydrogen-bond donors (Lipinski definition) is 4. The van der Waals surface area contributed by atoms with E-state index < -0.39 is 89.9 Å². The number of likely N-dealkylation sites (N-methyl/N-ethyl adjacent to an activating group) is 1. The number of carbonyl (C=O) groups excluding carboxylic acids is 1. The molecular formula is C36H67NO11. The maximum atomic E-state index is 14.1. The second-order valence-electron chi connectivity index (χ2n) is 15.9. The van der Waals surface area contributed by atoms with Crippen LogP contribution in [0.3, 0.4) is 0 Å². The molecule has 0 aliphatic carbocycles. The van der Waals surface area contributed by atoms with Crippen molar-refractivity contribution in [3.8, 4) is 0 Å². The van der Waals surface area contributed by atoms with Gasteiger partial charge in [-0.15, -0.1) is 0 Å². The number of esters is 1. The zero-order valence-electron chi connectivity index (χ0n) is 31.5. The van der Waals surface area contributed by atoms with Crippen LogP contribution in [0.2, 0.25) is 0 Å². The molecule has 0 aromatic rings. The standard InChI is InChI=1S/C36H67NO11/c1-13-26-36(10,42)30(38)24(6)37(11)19-20(2)17-34(8,41)32(48-27-16-14-15-21(3)44-27)22(4)29(23(5)33(40)46-26)47-28-18-35(9,43-12)31(39)25(7)45-28/h20-32,38-39,41-42H,13-19H2,1-12H3/t20-,21-,22+,23-,24-,25+,26-,27+,28+,29+,30-,31+,32-,34-,35-,36-/m1/s1. The molecular weight excluding hydrogens is 622 g/mol. The zero-order chi connectivity index (χ0) is 36.4. The van der Waals surface area contributed by atoms with Gasteiger partial charge in [0.2, 0.25) is 0 Å². The SMILES string of the molecule is CC[C@H]1OC(=O)[C@H](C)[C@@H](O[C@H]2C[C@@](C)(OC)[C@@H](O)[C@H](C)O2)[C@H](C)[C@@H](O[C@H]2CCC[C@@H](C)O2)[C@](C)(O)C[C@@H](C)CN(C)[C@H](C)[C@@H](O)[C@]1(C)O. The van der Waals surface area contributed by atoms with E-state index in [0.717, 1.165) is 12.8 Å². The Bertz CT molecular complexity index is 1030. The summed E-state index contributed by atoms with van der Waals surface area (Å²) in [6.45, 7) is 18.6. The zero-order valence-corrected chi connectivity index (χ0v) is 31.5. The summed E-state index contributed by atoms with van der Waals surface area (Å²) in [4.78, 5) is 16.0. The van der Waals surface area contributed by atoms with Crippen LogP contribution in [0.5, 0.6) is 0 Å². The van der Waals surface area contributed by atoms with Crippen LogP contribution in [0, 0.1) is 17.8 Å². The Morgan fingerprint density at radius 1 is 0.917 bits per heavy atom. The minimum absolute atomic E-state index is 0.00162. The first kappa shape index (κ1) is 41.5. The number of methoxy groups -OCH3 is 1. The topological polar surface area (TPSA) is 157 Å². The molecule has 12 nitrogen and oxygen atoms in total. The molecule has 282 valence electrons. The van der Waals surface area contributed by atoms with Gasteiger partial charge in [-0.2, -0.15) is 0 Å². The lowest BCUT2D eigenvalue weighted by Gasteiger charge is -2.47. The fourth-order valence-corrected chi connectivity index (χ4v) is 8.17. The summed E-state index contributed by atoms with van der Waals surface area (Å²) in [5.41, 5.74) is -4.12. The molecule has 4 N–H and O–H groups in total. The molecule has 0 radical (unpaired) electrons. The van der Waals surface area contributed by atoms with E-state index >= 15 is 0 Å². The molecule has 0 aromatic carbocycles. The summed E-state index contributed by atoms with van der Waals surface area (Å²) in [6, 6.07) is -0.488. The lowest BCUT2D eigenvalue weighted by Crippen LogP contribution is -2.59. The fourth-order valence-electron chi connectivity index (χ4n) is 8.17. The summed E-state index contributed by atoms with van der Waals surface area (Å²) in [5, 5.41) is 46.3. The highest BCUT2D eigenvalue weighted by atomic mass is 16.7. The molecule has 0 aromatic heterocycles. The van der Waals surface area contributed by atoms with Gasteiger partial charge in [0.1, 0.15) is 23.9 Å². The van der Waals surface area contributed by atoms with Crippen LogP contribution in [0.15, 0.2) is 0 Å². The average molecular weight is 690 g/mol. The summed E-state index contributed by atoms with van der Waals surface area (Å²) in [7, 11) is 3.40. The third-order valence-electron chi connectivity index (χ3n) is 11.4. The third kappa shape index (κ3) is 9.48. The Balaban J connectivity index is 2.12. The quantitative estimate of drug-likeness (QED) is 0.302. The van der Waals surface area contributed by atoms with Gasteiger partial charge in [-0.3, -0.25) is 4.79 Å². The van der Waals surface area contributed by atoms with Gasteiger partial charge < -0.3 is 53.7 Å². The number of carbonyl (C=O) groups is 1. The predicted molar refractivity (Wildman–Crippen MR) is 180 cm³/mol. The van der Waals surface area contributed by atoms with Gasteiger partial charge in [0, 0.05) is 32.0 Å². The van der Waals surface area contributed by atoms with Crippen LogP contribution in [-0.2, 0) is 33.2 Å². The summed E-state index contributed by atoms with van der Waals surface area (Å²) in [5.74, 6) is -2.20. The number of aliphatic hydroxyl groups excluding tert-OH is 2. The van der Waals surface area contributed by atoms with Gasteiger partial charge in [-0.1, -0.05) is 20.8 Å². The van der Waals surface area contributed by atoms with Crippen molar-refractivity contribution < 1.29 is 53.6 Å². The van der Waals surface area contributed by atoms with Crippen molar-refractivity contribution in [1.82, 2.24) is 4.90 Å². The lowest BCUT2D eigenvalue weighted by molar-refractivity contribution is -0.307. The van der Waals surface area contributed by atoms with Crippen molar-refractivity contribution in [2.75, 3.05) is 20.7 Å². The third-order valence-corrected chi connectivity index (χ3v) is 11.4. The monoisotopic (exact) mass is 689 g/mol. The Kier molecular flexibility index (Phi) is 14.4. The number of rotatable bonds is 6. The Morgan fingerprint density at radius 3 is 2.15 bits per heavy atom. The van der Waals surface area contributed by atoms with Gasteiger partial charge in [0.25, 0.3) is 0 Å². The van der Waals surface area contributed by atoms with Crippen LogP contribution in [0.25, 0.3) is 0 Å². The van der Waals surface area contributed by atoms with E-state index in [1.807, 2.05) is 39.6 Å². The van der Waals surface area contributed by atoms with Crippen molar-refractivity contribution in [1.29, 1.82) is 0 Å². The van der Waals surface area contributed by atoms with Gasteiger partial charge in [-0.25, -0.2) is 0 Å². The first-order valence-electron chi connectivity index (χ1n) is 18.1. The van der Waals surface area contributed by atoms with Crippen LogP contribution in [-0.4, -0.2) is 130 Å². The van der Waals surface area contributed by atoms with Crippen molar-refractivity contribution in [2.24, 2.45) is 17.8 Å². The molecule has 3 aliphatic heterocycles. The number of aliphatic hydroxyl groups is 4. The van der Waals surface area contributed by atoms with Crippen LogP contribution >= 0.6 is 0 Å². The lowest BCUT2D eigenvalue weighted by atomic mass is 9.77. The molecule has 3 aliphatic rings. The number of hydrogen-bond acceptors (Lipinski definition) is 12. The van der Waals surface area contributed by atoms with Crippen LogP contribution in [0.1, 0.15) is 108 Å². The first-order chi connectivity index (χ1) is 22.2. The molecule has 12 heteroatoms. The first-order valence-corrected chi connectivity index (χ1v) is 18.1. The van der Waals surface area contributed by atoms with E-state index in [-0.39, 0.29) is 24.9 Å². The van der Waals surface area contributed by atoms with Crippen molar-refractivity contribution in [3.63, 3.8) is 0 Å². The fraction of sp³-hybridized carbons (Fsp3) is 0.972. The maximum absolute atomic E-state index is 14.1. The highest BCUT2D eigenvalue weighted by Gasteiger charge is 2.51. The minimum Gasteiger partial charge on any atom is -0.459 e. The predicted octanol–water partition coefficient (Wildman–Crippen LogP) is 3.39. The van der Waals surface area contributed by atoms with Crippen molar-refractivity contribution in [3.05, 3.63) is 0 Å². The second kappa shape index (κ2) is 16.6. The maximum Gasteiger partial charge on any atom is 0.311 e. The normalized spacial score (nSPS) is 49.5. The van der Waals surface area contributed by atoms with E-state index in [1.165, 1.54) is 14.0 Å². The van der Waals surface area contributed by atoms with E-state index in [9.17, 15) is 25.2 Å². The van der Waals surface area contributed by atoms with Gasteiger partial charge >= 0.3 is 5.97 Å². The van der Waals surface area contributed by atoms with Crippen LogP contribution in [0.4, 0.5) is 0 Å². The summed E-state index contributed by atoms with van der Waals surface area (Å²) < 4.78 is 37.4. The molecule has 0 saturated carbocycles. The van der Waals surface area contributed by atoms with Gasteiger partial charge in [0.05, 0.1) is 41.5 Å².